The van der Waals surface area contributed by atoms with Crippen molar-refractivity contribution in [2.45, 2.75) is 13.0 Å². The van der Waals surface area contributed by atoms with E-state index in [-0.39, 0.29) is 5.91 Å². The summed E-state index contributed by atoms with van der Waals surface area (Å²) in [6.45, 7) is 1.95. The molecule has 7 nitrogen and oxygen atoms in total. The summed E-state index contributed by atoms with van der Waals surface area (Å²) in [5.74, 6) is 1.21. The van der Waals surface area contributed by atoms with Crippen molar-refractivity contribution in [2.75, 3.05) is 12.4 Å². The SMILES string of the molecule is COc1ccc(C)cc1NC(=O)[C@@H](Oc1ccc(-c2nnco2)cc1)c1ccccc1. The fourth-order valence-corrected chi connectivity index (χ4v) is 3.13. The summed E-state index contributed by atoms with van der Waals surface area (Å²) in [4.78, 5) is 13.2. The van der Waals surface area contributed by atoms with Gasteiger partial charge in [0.25, 0.3) is 5.91 Å². The second-order valence-electron chi connectivity index (χ2n) is 6.87. The number of anilines is 1. The minimum atomic E-state index is -0.860. The van der Waals surface area contributed by atoms with E-state index < -0.39 is 6.10 Å². The molecule has 0 aliphatic heterocycles. The van der Waals surface area contributed by atoms with Crippen molar-refractivity contribution in [1.82, 2.24) is 10.2 Å². The van der Waals surface area contributed by atoms with Crippen LogP contribution in [-0.2, 0) is 4.79 Å². The molecule has 0 aliphatic rings. The van der Waals surface area contributed by atoms with E-state index in [2.05, 4.69) is 15.5 Å². The number of methoxy groups -OCH3 is 1. The maximum atomic E-state index is 13.2. The molecule has 0 saturated carbocycles. The van der Waals surface area contributed by atoms with Crippen LogP contribution in [0.25, 0.3) is 11.5 Å². The molecule has 0 fully saturated rings. The number of hydrogen-bond donors (Lipinski definition) is 1. The zero-order valence-corrected chi connectivity index (χ0v) is 17.1. The van der Waals surface area contributed by atoms with Crippen LogP contribution in [0.4, 0.5) is 5.69 Å². The normalized spacial score (nSPS) is 11.5. The van der Waals surface area contributed by atoms with Gasteiger partial charge in [0.2, 0.25) is 18.4 Å². The topological polar surface area (TPSA) is 86.5 Å². The van der Waals surface area contributed by atoms with Crippen molar-refractivity contribution in [3.05, 3.63) is 90.3 Å². The fourth-order valence-electron chi connectivity index (χ4n) is 3.13. The van der Waals surface area contributed by atoms with E-state index in [1.165, 1.54) is 6.39 Å². The van der Waals surface area contributed by atoms with Crippen LogP contribution in [0.3, 0.4) is 0 Å². The standard InChI is InChI=1S/C24H21N3O4/c1-16-8-13-21(29-2)20(14-16)26-23(28)22(17-6-4-3-5-7-17)31-19-11-9-18(10-12-19)24-27-25-15-30-24/h3-15,22H,1-2H3,(H,26,28)/t22-/m0/s1. The second kappa shape index (κ2) is 9.13. The Kier molecular flexibility index (Phi) is 5.93. The molecule has 4 aromatic rings. The molecule has 4 rings (SSSR count). The average Bonchev–Trinajstić information content (AvgIpc) is 3.33. The first-order valence-corrected chi connectivity index (χ1v) is 9.68. The lowest BCUT2D eigenvalue weighted by atomic mass is 10.1. The fraction of sp³-hybridized carbons (Fsp3) is 0.125. The van der Waals surface area contributed by atoms with Gasteiger partial charge in [-0.3, -0.25) is 4.79 Å². The minimum Gasteiger partial charge on any atom is -0.495 e. The Labute approximate surface area is 179 Å². The highest BCUT2D eigenvalue weighted by atomic mass is 16.5. The summed E-state index contributed by atoms with van der Waals surface area (Å²) in [6, 6.07) is 22.0. The predicted molar refractivity (Wildman–Crippen MR) is 116 cm³/mol. The van der Waals surface area contributed by atoms with Gasteiger partial charge in [0.05, 0.1) is 12.8 Å². The van der Waals surface area contributed by atoms with E-state index in [0.717, 1.165) is 16.7 Å². The number of aryl methyl sites for hydroxylation is 1. The summed E-state index contributed by atoms with van der Waals surface area (Å²) in [5, 5.41) is 10.5. The van der Waals surface area contributed by atoms with Crippen LogP contribution in [0.2, 0.25) is 0 Å². The van der Waals surface area contributed by atoms with Crippen molar-refractivity contribution in [2.24, 2.45) is 0 Å². The lowest BCUT2D eigenvalue weighted by molar-refractivity contribution is -0.123. The lowest BCUT2D eigenvalue weighted by Gasteiger charge is -2.20. The first-order valence-electron chi connectivity index (χ1n) is 9.68. The second-order valence-corrected chi connectivity index (χ2v) is 6.87. The summed E-state index contributed by atoms with van der Waals surface area (Å²) in [7, 11) is 1.57. The quantitative estimate of drug-likeness (QED) is 0.466. The lowest BCUT2D eigenvalue weighted by Crippen LogP contribution is -2.26. The first-order chi connectivity index (χ1) is 15.1. The maximum absolute atomic E-state index is 13.2. The summed E-state index contributed by atoms with van der Waals surface area (Å²) < 4.78 is 16.7. The summed E-state index contributed by atoms with van der Waals surface area (Å²) in [6.07, 6.45) is 0.412. The number of ether oxygens (including phenoxy) is 2. The molecular weight excluding hydrogens is 394 g/mol. The maximum Gasteiger partial charge on any atom is 0.270 e. The molecule has 1 heterocycles. The van der Waals surface area contributed by atoms with E-state index in [1.54, 1.807) is 31.4 Å². The molecule has 1 atom stereocenters. The van der Waals surface area contributed by atoms with Gasteiger partial charge in [-0.05, 0) is 48.9 Å². The van der Waals surface area contributed by atoms with E-state index in [9.17, 15) is 4.79 Å². The summed E-state index contributed by atoms with van der Waals surface area (Å²) in [5.41, 5.74) is 3.08. The molecule has 0 bridgehead atoms. The van der Waals surface area contributed by atoms with Crippen molar-refractivity contribution in [3.63, 3.8) is 0 Å². The van der Waals surface area contributed by atoms with E-state index >= 15 is 0 Å². The number of benzene rings is 3. The molecule has 0 radical (unpaired) electrons. The van der Waals surface area contributed by atoms with Crippen molar-refractivity contribution >= 4 is 11.6 Å². The minimum absolute atomic E-state index is 0.309. The van der Waals surface area contributed by atoms with Gasteiger partial charge < -0.3 is 19.2 Å². The Hall–Kier alpha value is -4.13. The molecule has 7 heteroatoms. The molecular formula is C24H21N3O4. The van der Waals surface area contributed by atoms with Gasteiger partial charge in [-0.25, -0.2) is 0 Å². The van der Waals surface area contributed by atoms with Crippen LogP contribution in [0.5, 0.6) is 11.5 Å². The zero-order valence-electron chi connectivity index (χ0n) is 17.1. The van der Waals surface area contributed by atoms with Gasteiger partial charge in [-0.15, -0.1) is 10.2 Å². The first kappa shape index (κ1) is 20.2. The third-order valence-corrected chi connectivity index (χ3v) is 4.67. The number of amides is 1. The number of nitrogens with one attached hydrogen (secondary N) is 1. The van der Waals surface area contributed by atoms with Gasteiger partial charge in [0.15, 0.2) is 0 Å². The van der Waals surface area contributed by atoms with Crippen molar-refractivity contribution < 1.29 is 18.7 Å². The smallest absolute Gasteiger partial charge is 0.270 e. The van der Waals surface area contributed by atoms with Crippen LogP contribution in [0, 0.1) is 6.92 Å². The van der Waals surface area contributed by atoms with Gasteiger partial charge in [-0.1, -0.05) is 36.4 Å². The van der Waals surface area contributed by atoms with E-state index in [4.69, 9.17) is 13.9 Å². The summed E-state index contributed by atoms with van der Waals surface area (Å²) >= 11 is 0. The highest BCUT2D eigenvalue weighted by molar-refractivity contribution is 5.96. The van der Waals surface area contributed by atoms with Gasteiger partial charge in [0.1, 0.15) is 11.5 Å². The molecule has 3 aromatic carbocycles. The Balaban J connectivity index is 1.59. The third kappa shape index (κ3) is 4.72. The Morgan fingerprint density at radius 1 is 1.03 bits per heavy atom. The van der Waals surface area contributed by atoms with Gasteiger partial charge in [0, 0.05) is 11.1 Å². The number of aromatic nitrogens is 2. The number of rotatable bonds is 7. The Morgan fingerprint density at radius 2 is 1.81 bits per heavy atom. The van der Waals surface area contributed by atoms with Crippen molar-refractivity contribution in [1.29, 1.82) is 0 Å². The largest absolute Gasteiger partial charge is 0.495 e. The number of carbonyl (C=O) groups is 1. The molecule has 31 heavy (non-hydrogen) atoms. The van der Waals surface area contributed by atoms with Gasteiger partial charge >= 0.3 is 0 Å². The number of hydrogen-bond acceptors (Lipinski definition) is 6. The molecule has 1 N–H and O–H groups in total. The molecule has 0 unspecified atom stereocenters. The molecule has 0 spiro atoms. The van der Waals surface area contributed by atoms with Crippen LogP contribution < -0.4 is 14.8 Å². The average molecular weight is 415 g/mol. The molecule has 0 saturated heterocycles. The van der Waals surface area contributed by atoms with Gasteiger partial charge in [-0.2, -0.15) is 0 Å². The number of carbonyl (C=O) groups excluding carboxylic acids is 1. The van der Waals surface area contributed by atoms with Crippen LogP contribution in [-0.4, -0.2) is 23.2 Å². The highest BCUT2D eigenvalue weighted by Gasteiger charge is 2.24. The molecule has 1 aromatic heterocycles. The molecule has 156 valence electrons. The molecule has 0 aliphatic carbocycles. The van der Waals surface area contributed by atoms with Crippen LogP contribution in [0.1, 0.15) is 17.2 Å². The van der Waals surface area contributed by atoms with E-state index in [0.29, 0.717) is 23.1 Å². The van der Waals surface area contributed by atoms with Crippen molar-refractivity contribution in [3.8, 4) is 23.0 Å². The zero-order chi connectivity index (χ0) is 21.6. The monoisotopic (exact) mass is 415 g/mol. The molecule has 1 amide bonds. The predicted octanol–water partition coefficient (Wildman–Crippen LogP) is 4.81. The number of nitrogens with zero attached hydrogens (tertiary/aromatic N) is 2. The van der Waals surface area contributed by atoms with Crippen LogP contribution >= 0.6 is 0 Å². The highest BCUT2D eigenvalue weighted by Crippen LogP contribution is 2.29. The Bertz CT molecular complexity index is 1140. The Morgan fingerprint density at radius 3 is 2.48 bits per heavy atom. The van der Waals surface area contributed by atoms with E-state index in [1.807, 2.05) is 55.5 Å². The third-order valence-electron chi connectivity index (χ3n) is 4.67. The van der Waals surface area contributed by atoms with Crippen LogP contribution in [0.15, 0.2) is 83.6 Å².